The van der Waals surface area contributed by atoms with Crippen molar-refractivity contribution in [1.82, 2.24) is 4.98 Å². The van der Waals surface area contributed by atoms with Gasteiger partial charge in [0.2, 0.25) is 0 Å². The minimum Gasteiger partial charge on any atom is -0.443 e. The van der Waals surface area contributed by atoms with Crippen LogP contribution in [0, 0.1) is 0 Å². The van der Waals surface area contributed by atoms with Crippen molar-refractivity contribution >= 4 is 17.4 Å². The van der Waals surface area contributed by atoms with Crippen molar-refractivity contribution in [2.75, 3.05) is 13.2 Å². The number of rotatable bonds is 2. The molecule has 0 bridgehead atoms. The van der Waals surface area contributed by atoms with Crippen molar-refractivity contribution in [3.8, 4) is 0 Å². The maximum atomic E-state index is 11.1. The number of fused-ring (bicyclic) bond motifs is 1. The molecule has 4 heteroatoms. The van der Waals surface area contributed by atoms with Gasteiger partial charge < -0.3 is 13.9 Å². The standard InChI is InChI=1S/C11H9NO3/c13-4-11(5-14-6-11)8-1-2-9-10(3-8)15-7-12-9/h1-4,7H,5-6H2. The monoisotopic (exact) mass is 203 g/mol. The van der Waals surface area contributed by atoms with Gasteiger partial charge in [-0.1, -0.05) is 6.07 Å². The van der Waals surface area contributed by atoms with Crippen LogP contribution in [0.2, 0.25) is 0 Å². The van der Waals surface area contributed by atoms with E-state index in [9.17, 15) is 4.79 Å². The summed E-state index contributed by atoms with van der Waals surface area (Å²) in [6.07, 6.45) is 2.35. The van der Waals surface area contributed by atoms with Crippen molar-refractivity contribution in [3.05, 3.63) is 30.2 Å². The number of ether oxygens (including phenoxy) is 1. The van der Waals surface area contributed by atoms with Crippen molar-refractivity contribution in [1.29, 1.82) is 0 Å². The van der Waals surface area contributed by atoms with Crippen LogP contribution in [0.25, 0.3) is 11.1 Å². The van der Waals surface area contributed by atoms with Gasteiger partial charge in [-0.15, -0.1) is 0 Å². The third-order valence-electron chi connectivity index (χ3n) is 2.85. The summed E-state index contributed by atoms with van der Waals surface area (Å²) in [4.78, 5) is 15.1. The Balaban J connectivity index is 2.14. The number of benzene rings is 1. The molecule has 0 unspecified atom stereocenters. The molecular formula is C11H9NO3. The fraction of sp³-hybridized carbons (Fsp3) is 0.273. The Morgan fingerprint density at radius 2 is 2.27 bits per heavy atom. The Morgan fingerprint density at radius 1 is 1.40 bits per heavy atom. The van der Waals surface area contributed by atoms with Gasteiger partial charge in [-0.25, -0.2) is 4.98 Å². The first-order chi connectivity index (χ1) is 7.34. The first-order valence-corrected chi connectivity index (χ1v) is 4.72. The summed E-state index contributed by atoms with van der Waals surface area (Å²) < 4.78 is 10.3. The molecule has 0 amide bonds. The minimum atomic E-state index is -0.471. The highest BCUT2D eigenvalue weighted by Gasteiger charge is 2.40. The van der Waals surface area contributed by atoms with Crippen LogP contribution < -0.4 is 0 Å². The summed E-state index contributed by atoms with van der Waals surface area (Å²) in [5, 5.41) is 0. The molecule has 2 aromatic rings. The second-order valence-electron chi connectivity index (χ2n) is 3.80. The zero-order valence-corrected chi connectivity index (χ0v) is 7.97. The summed E-state index contributed by atoms with van der Waals surface area (Å²) in [5.41, 5.74) is 1.98. The topological polar surface area (TPSA) is 52.3 Å². The number of aldehydes is 1. The van der Waals surface area contributed by atoms with Crippen LogP contribution in [0.15, 0.2) is 29.0 Å². The van der Waals surface area contributed by atoms with Crippen molar-refractivity contribution in [2.45, 2.75) is 5.41 Å². The highest BCUT2D eigenvalue weighted by Crippen LogP contribution is 2.31. The van der Waals surface area contributed by atoms with Crippen molar-refractivity contribution in [2.24, 2.45) is 0 Å². The molecule has 0 radical (unpaired) electrons. The number of carbonyl (C=O) groups is 1. The SMILES string of the molecule is O=CC1(c2ccc3ncoc3c2)COC1. The van der Waals surface area contributed by atoms with Gasteiger partial charge in [0, 0.05) is 0 Å². The molecule has 1 aliphatic rings. The summed E-state index contributed by atoms with van der Waals surface area (Å²) in [6, 6.07) is 5.62. The molecule has 1 saturated heterocycles. The number of aromatic nitrogens is 1. The molecule has 0 saturated carbocycles. The van der Waals surface area contributed by atoms with Gasteiger partial charge in [0.1, 0.15) is 11.8 Å². The molecule has 0 atom stereocenters. The highest BCUT2D eigenvalue weighted by atomic mass is 16.5. The number of carbonyl (C=O) groups excluding carboxylic acids is 1. The molecule has 4 nitrogen and oxygen atoms in total. The van der Waals surface area contributed by atoms with E-state index in [1.165, 1.54) is 6.39 Å². The molecule has 1 aromatic carbocycles. The number of hydrogen-bond donors (Lipinski definition) is 0. The Bertz CT molecular complexity index is 513. The lowest BCUT2D eigenvalue weighted by atomic mass is 9.80. The van der Waals surface area contributed by atoms with E-state index in [0.717, 1.165) is 17.4 Å². The third kappa shape index (κ3) is 1.11. The Labute approximate surface area is 85.9 Å². The Hall–Kier alpha value is -1.68. The fourth-order valence-electron chi connectivity index (χ4n) is 1.79. The Kier molecular flexibility index (Phi) is 1.67. The van der Waals surface area contributed by atoms with Gasteiger partial charge in [-0.3, -0.25) is 0 Å². The van der Waals surface area contributed by atoms with Crippen LogP contribution in [0.5, 0.6) is 0 Å². The molecular weight excluding hydrogens is 194 g/mol. The zero-order valence-electron chi connectivity index (χ0n) is 7.97. The molecule has 1 aliphatic heterocycles. The van der Waals surface area contributed by atoms with E-state index < -0.39 is 5.41 Å². The lowest BCUT2D eigenvalue weighted by Crippen LogP contribution is -2.48. The van der Waals surface area contributed by atoms with Gasteiger partial charge in [0.25, 0.3) is 0 Å². The highest BCUT2D eigenvalue weighted by molar-refractivity contribution is 5.77. The predicted molar refractivity (Wildman–Crippen MR) is 52.6 cm³/mol. The van der Waals surface area contributed by atoms with E-state index in [1.54, 1.807) is 0 Å². The lowest BCUT2D eigenvalue weighted by Gasteiger charge is -2.36. The van der Waals surface area contributed by atoms with Crippen LogP contribution in [0.4, 0.5) is 0 Å². The molecule has 3 rings (SSSR count). The minimum absolute atomic E-state index is 0.455. The first kappa shape index (κ1) is 8.61. The smallest absolute Gasteiger partial charge is 0.181 e. The van der Waals surface area contributed by atoms with Gasteiger partial charge in [0.05, 0.1) is 18.6 Å². The van der Waals surface area contributed by atoms with Gasteiger partial charge in [-0.05, 0) is 17.7 Å². The normalized spacial score (nSPS) is 18.7. The van der Waals surface area contributed by atoms with E-state index >= 15 is 0 Å². The summed E-state index contributed by atoms with van der Waals surface area (Å²) in [6.45, 7) is 0.909. The van der Waals surface area contributed by atoms with Crippen molar-refractivity contribution in [3.63, 3.8) is 0 Å². The maximum Gasteiger partial charge on any atom is 0.181 e. The quantitative estimate of drug-likeness (QED) is 0.690. The number of oxazole rings is 1. The van der Waals surface area contributed by atoms with Crippen LogP contribution in [-0.4, -0.2) is 24.5 Å². The molecule has 2 heterocycles. The second kappa shape index (κ2) is 2.90. The molecule has 15 heavy (non-hydrogen) atoms. The largest absolute Gasteiger partial charge is 0.443 e. The number of hydrogen-bond acceptors (Lipinski definition) is 4. The summed E-state index contributed by atoms with van der Waals surface area (Å²) in [7, 11) is 0. The molecule has 0 aliphatic carbocycles. The van der Waals surface area contributed by atoms with Crippen LogP contribution in [0.3, 0.4) is 0 Å². The molecule has 0 N–H and O–H groups in total. The van der Waals surface area contributed by atoms with E-state index in [2.05, 4.69) is 4.98 Å². The Morgan fingerprint density at radius 3 is 2.93 bits per heavy atom. The predicted octanol–water partition coefficient (Wildman–Crippen LogP) is 1.29. The van der Waals surface area contributed by atoms with E-state index in [0.29, 0.717) is 18.8 Å². The van der Waals surface area contributed by atoms with Crippen LogP contribution in [0.1, 0.15) is 5.56 Å². The molecule has 76 valence electrons. The fourth-order valence-corrected chi connectivity index (χ4v) is 1.79. The first-order valence-electron chi connectivity index (χ1n) is 4.72. The van der Waals surface area contributed by atoms with E-state index in [4.69, 9.17) is 9.15 Å². The third-order valence-corrected chi connectivity index (χ3v) is 2.85. The average molecular weight is 203 g/mol. The maximum absolute atomic E-state index is 11.1. The lowest BCUT2D eigenvalue weighted by molar-refractivity contribution is -0.129. The molecule has 1 fully saturated rings. The van der Waals surface area contributed by atoms with E-state index in [-0.39, 0.29) is 0 Å². The average Bonchev–Trinajstić information content (AvgIpc) is 2.64. The van der Waals surface area contributed by atoms with Gasteiger partial charge in [0.15, 0.2) is 12.0 Å². The summed E-state index contributed by atoms with van der Waals surface area (Å²) >= 11 is 0. The zero-order chi connectivity index (χ0) is 10.3. The van der Waals surface area contributed by atoms with E-state index in [1.807, 2.05) is 18.2 Å². The molecule has 1 aromatic heterocycles. The van der Waals surface area contributed by atoms with Crippen LogP contribution >= 0.6 is 0 Å². The summed E-state index contributed by atoms with van der Waals surface area (Å²) in [5.74, 6) is 0. The van der Waals surface area contributed by atoms with Gasteiger partial charge >= 0.3 is 0 Å². The van der Waals surface area contributed by atoms with Gasteiger partial charge in [-0.2, -0.15) is 0 Å². The van der Waals surface area contributed by atoms with Crippen LogP contribution in [-0.2, 0) is 14.9 Å². The van der Waals surface area contributed by atoms with Crippen molar-refractivity contribution < 1.29 is 13.9 Å². The number of nitrogens with zero attached hydrogens (tertiary/aromatic N) is 1. The second-order valence-corrected chi connectivity index (χ2v) is 3.80. The molecule has 0 spiro atoms.